The molecule has 5 nitrogen and oxygen atoms in total. The van der Waals surface area contributed by atoms with Gasteiger partial charge in [-0.3, -0.25) is 4.84 Å². The summed E-state index contributed by atoms with van der Waals surface area (Å²) >= 11 is 1.69. The van der Waals surface area contributed by atoms with Gasteiger partial charge in [-0.25, -0.2) is 4.79 Å². The van der Waals surface area contributed by atoms with Crippen LogP contribution in [0.5, 0.6) is 5.75 Å². The van der Waals surface area contributed by atoms with E-state index in [-0.39, 0.29) is 11.3 Å². The molecule has 0 saturated heterocycles. The Morgan fingerprint density at radius 3 is 2.22 bits per heavy atom. The maximum absolute atomic E-state index is 10.3. The van der Waals surface area contributed by atoms with Crippen LogP contribution in [-0.2, 0) is 10.6 Å². The number of benzene rings is 2. The highest BCUT2D eigenvalue weighted by atomic mass is 32.2. The lowest BCUT2D eigenvalue weighted by Gasteiger charge is -2.15. The maximum atomic E-state index is 10.3. The number of aromatic carboxylic acids is 1. The molecule has 0 aliphatic rings. The van der Waals surface area contributed by atoms with E-state index in [0.29, 0.717) is 0 Å². The lowest BCUT2D eigenvalue weighted by atomic mass is 10.2. The molecule has 2 aromatic carbocycles. The maximum Gasteiger partial charge on any atom is 0.339 e. The molecule has 0 fully saturated rings. The van der Waals surface area contributed by atoms with E-state index in [4.69, 9.17) is 15.1 Å². The van der Waals surface area contributed by atoms with Crippen LogP contribution in [-0.4, -0.2) is 34.3 Å². The van der Waals surface area contributed by atoms with E-state index in [1.54, 1.807) is 31.2 Å². The quantitative estimate of drug-likeness (QED) is 0.618. The number of hydrogen-bond donors (Lipinski definition) is 2. The number of carboxylic acids is 1. The summed E-state index contributed by atoms with van der Waals surface area (Å²) in [6, 6.07) is 16.2. The highest BCUT2D eigenvalue weighted by Crippen LogP contribution is 2.16. The number of hydroxylamine groups is 1. The normalized spacial score (nSPS) is 10.0. The van der Waals surface area contributed by atoms with Gasteiger partial charge in [-0.15, -0.1) is 4.47 Å². The Balaban J connectivity index is 0.000000238. The molecule has 0 bridgehead atoms. The van der Waals surface area contributed by atoms with Gasteiger partial charge in [0.25, 0.3) is 0 Å². The molecule has 0 saturated carbocycles. The summed E-state index contributed by atoms with van der Waals surface area (Å²) < 4.78 is 1.87. The molecule has 23 heavy (non-hydrogen) atoms. The average Bonchev–Trinajstić information content (AvgIpc) is 2.57. The van der Waals surface area contributed by atoms with Gasteiger partial charge in [0.05, 0.1) is 7.11 Å². The molecule has 2 N–H and O–H groups in total. The Morgan fingerprint density at radius 2 is 1.74 bits per heavy atom. The summed E-state index contributed by atoms with van der Waals surface area (Å²) in [4.78, 5) is 15.4. The van der Waals surface area contributed by atoms with Crippen LogP contribution in [0.2, 0.25) is 0 Å². The van der Waals surface area contributed by atoms with Crippen LogP contribution in [0.15, 0.2) is 54.6 Å². The van der Waals surface area contributed by atoms with E-state index in [0.717, 1.165) is 12.3 Å². The van der Waals surface area contributed by atoms with Gasteiger partial charge in [0.15, 0.2) is 0 Å². The van der Waals surface area contributed by atoms with Crippen LogP contribution in [0.3, 0.4) is 0 Å². The van der Waals surface area contributed by atoms with Crippen LogP contribution in [0.4, 0.5) is 0 Å². The summed E-state index contributed by atoms with van der Waals surface area (Å²) in [7, 11) is 1.70. The second-order valence-corrected chi connectivity index (χ2v) is 5.37. The van der Waals surface area contributed by atoms with Gasteiger partial charge in [-0.05, 0) is 36.6 Å². The molecule has 6 heteroatoms. The molecule has 2 rings (SSSR count). The van der Waals surface area contributed by atoms with Crippen LogP contribution in [0.1, 0.15) is 22.8 Å². The monoisotopic (exact) mass is 335 g/mol. The van der Waals surface area contributed by atoms with E-state index in [9.17, 15) is 4.79 Å². The van der Waals surface area contributed by atoms with Gasteiger partial charge in [-0.1, -0.05) is 42.5 Å². The van der Waals surface area contributed by atoms with Crippen molar-refractivity contribution >= 4 is 17.9 Å². The second kappa shape index (κ2) is 10.7. The highest BCUT2D eigenvalue weighted by molar-refractivity contribution is 7.96. The molecular weight excluding hydrogens is 314 g/mol. The zero-order valence-electron chi connectivity index (χ0n) is 13.2. The molecule has 0 unspecified atom stereocenters. The molecular formula is C17H21NO4S. The Morgan fingerprint density at radius 1 is 1.13 bits per heavy atom. The van der Waals surface area contributed by atoms with Crippen molar-refractivity contribution in [3.8, 4) is 5.75 Å². The van der Waals surface area contributed by atoms with E-state index in [2.05, 4.69) is 31.2 Å². The fourth-order valence-electron chi connectivity index (χ4n) is 1.65. The minimum absolute atomic E-state index is 0.0671. The largest absolute Gasteiger partial charge is 0.507 e. The minimum atomic E-state index is -1.11. The molecule has 0 heterocycles. The lowest BCUT2D eigenvalue weighted by molar-refractivity contribution is -0.0333. The van der Waals surface area contributed by atoms with Crippen molar-refractivity contribution in [3.63, 3.8) is 0 Å². The second-order valence-electron chi connectivity index (χ2n) is 4.41. The van der Waals surface area contributed by atoms with E-state index in [1.807, 2.05) is 10.5 Å². The smallest absolute Gasteiger partial charge is 0.339 e. The van der Waals surface area contributed by atoms with E-state index >= 15 is 0 Å². The first-order chi connectivity index (χ1) is 11.1. The summed E-state index contributed by atoms with van der Waals surface area (Å²) in [6.07, 6.45) is 0. The number of rotatable bonds is 6. The lowest BCUT2D eigenvalue weighted by Crippen LogP contribution is -2.12. The minimum Gasteiger partial charge on any atom is -0.507 e. The van der Waals surface area contributed by atoms with Gasteiger partial charge in [0.2, 0.25) is 0 Å². The summed E-state index contributed by atoms with van der Waals surface area (Å²) in [5, 5.41) is 17.3. The van der Waals surface area contributed by atoms with Crippen LogP contribution in [0, 0.1) is 0 Å². The van der Waals surface area contributed by atoms with Crippen molar-refractivity contribution in [2.45, 2.75) is 12.7 Å². The van der Waals surface area contributed by atoms with Crippen LogP contribution >= 0.6 is 11.9 Å². The molecule has 2 aromatic rings. The summed E-state index contributed by atoms with van der Waals surface area (Å²) in [5.74, 6) is -0.351. The first-order valence-electron chi connectivity index (χ1n) is 7.08. The predicted octanol–water partition coefficient (Wildman–Crippen LogP) is 3.81. The fraction of sp³-hybridized carbons (Fsp3) is 0.235. The van der Waals surface area contributed by atoms with E-state index < -0.39 is 5.97 Å². The number of aromatic hydroxyl groups is 1. The predicted molar refractivity (Wildman–Crippen MR) is 92.2 cm³/mol. The first kappa shape index (κ1) is 19.0. The molecule has 0 spiro atoms. The van der Waals surface area contributed by atoms with E-state index in [1.165, 1.54) is 17.7 Å². The molecule has 0 aliphatic carbocycles. The molecule has 0 aliphatic heterocycles. The van der Waals surface area contributed by atoms with Gasteiger partial charge in [0, 0.05) is 12.3 Å². The molecule has 0 atom stereocenters. The fourth-order valence-corrected chi connectivity index (χ4v) is 2.42. The average molecular weight is 335 g/mol. The van der Waals surface area contributed by atoms with Gasteiger partial charge < -0.3 is 10.2 Å². The number of carboxylic acid groups (broad SMARTS) is 1. The summed E-state index contributed by atoms with van der Waals surface area (Å²) in [6.45, 7) is 2.97. The molecule has 0 amide bonds. The molecule has 124 valence electrons. The van der Waals surface area contributed by atoms with Crippen LogP contribution in [0.25, 0.3) is 0 Å². The number of phenols is 1. The number of para-hydroxylation sites is 1. The van der Waals surface area contributed by atoms with Crippen molar-refractivity contribution in [1.29, 1.82) is 0 Å². The van der Waals surface area contributed by atoms with Gasteiger partial charge in [0.1, 0.15) is 11.3 Å². The number of nitrogens with zero attached hydrogens (tertiary/aromatic N) is 1. The molecule has 0 radical (unpaired) electrons. The SMILES string of the molecule is CCN(OC)SCc1ccccc1.O=C(O)c1ccccc1O. The van der Waals surface area contributed by atoms with Crippen molar-refractivity contribution in [2.24, 2.45) is 0 Å². The summed E-state index contributed by atoms with van der Waals surface area (Å²) in [5.41, 5.74) is 1.26. The van der Waals surface area contributed by atoms with Gasteiger partial charge >= 0.3 is 5.97 Å². The third-order valence-corrected chi connectivity index (χ3v) is 3.97. The first-order valence-corrected chi connectivity index (χ1v) is 8.02. The van der Waals surface area contributed by atoms with Crippen molar-refractivity contribution < 1.29 is 19.8 Å². The van der Waals surface area contributed by atoms with Gasteiger partial charge in [-0.2, -0.15) is 0 Å². The topological polar surface area (TPSA) is 70.0 Å². The third-order valence-electron chi connectivity index (χ3n) is 2.81. The Bertz CT molecular complexity index is 588. The Kier molecular flexibility index (Phi) is 8.82. The zero-order chi connectivity index (χ0) is 17.1. The van der Waals surface area contributed by atoms with Crippen molar-refractivity contribution in [2.75, 3.05) is 13.7 Å². The third kappa shape index (κ3) is 7.19. The van der Waals surface area contributed by atoms with Crippen molar-refractivity contribution in [1.82, 2.24) is 4.47 Å². The van der Waals surface area contributed by atoms with Crippen LogP contribution < -0.4 is 0 Å². The number of carbonyl (C=O) groups is 1. The highest BCUT2D eigenvalue weighted by Gasteiger charge is 2.05. The Labute approximate surface area is 140 Å². The molecule has 0 aromatic heterocycles. The zero-order valence-corrected chi connectivity index (χ0v) is 14.0. The Hall–Kier alpha value is -2.02. The van der Waals surface area contributed by atoms with Crippen molar-refractivity contribution in [3.05, 3.63) is 65.7 Å². The number of hydrogen-bond acceptors (Lipinski definition) is 5. The standard InChI is InChI=1S/C10H15NOS.C7H6O3/c1-3-11(12-2)13-9-10-7-5-4-6-8-10;8-6-4-2-1-3-5(6)7(9)10/h4-8H,3,9H2,1-2H3;1-4,8H,(H,9,10).